The number of nitrogens with one attached hydrogen (secondary N) is 1. The van der Waals surface area contributed by atoms with Crippen molar-refractivity contribution < 1.29 is 4.79 Å². The molecule has 0 aliphatic carbocycles. The molecule has 1 atom stereocenters. The quantitative estimate of drug-likeness (QED) is 0.879. The first-order valence-electron chi connectivity index (χ1n) is 6.69. The van der Waals surface area contributed by atoms with Crippen LogP contribution in [0.3, 0.4) is 0 Å². The van der Waals surface area contributed by atoms with E-state index >= 15 is 0 Å². The van der Waals surface area contributed by atoms with Crippen LogP contribution in [-0.4, -0.2) is 18.0 Å². The second-order valence-electron chi connectivity index (χ2n) is 5.06. The Morgan fingerprint density at radius 1 is 1.10 bits per heavy atom. The molecule has 0 unspecified atom stereocenters. The zero-order valence-corrected chi connectivity index (χ0v) is 12.2. The predicted molar refractivity (Wildman–Crippen MR) is 85.2 cm³/mol. The van der Waals surface area contributed by atoms with E-state index in [0.29, 0.717) is 0 Å². The number of hydrogen-bond donors (Lipinski definition) is 1. The van der Waals surface area contributed by atoms with Gasteiger partial charge in [0.1, 0.15) is 5.04 Å². The highest BCUT2D eigenvalue weighted by Gasteiger charge is 2.54. The molecular weight excluding hydrogens is 282 g/mol. The van der Waals surface area contributed by atoms with Crippen LogP contribution >= 0.6 is 11.8 Å². The van der Waals surface area contributed by atoms with Crippen molar-refractivity contribution in [1.82, 2.24) is 5.43 Å². The van der Waals surface area contributed by atoms with Crippen LogP contribution < -0.4 is 10.3 Å². The fourth-order valence-electron chi connectivity index (χ4n) is 2.76. The number of hydrazone groups is 1. The van der Waals surface area contributed by atoms with Gasteiger partial charge in [-0.3, -0.25) is 10.2 Å². The maximum Gasteiger partial charge on any atom is 0.269 e. The largest absolute Gasteiger partial charge is 0.312 e. The van der Waals surface area contributed by atoms with E-state index in [-0.39, 0.29) is 5.91 Å². The lowest BCUT2D eigenvalue weighted by atomic mass is 10.1. The zero-order chi connectivity index (χ0) is 14.4. The van der Waals surface area contributed by atoms with Gasteiger partial charge in [0.25, 0.3) is 5.91 Å². The normalized spacial score (nSPS) is 23.2. The summed E-state index contributed by atoms with van der Waals surface area (Å²) in [5.41, 5.74) is 6.00. The summed E-state index contributed by atoms with van der Waals surface area (Å²) in [6, 6.07) is 17.8. The zero-order valence-electron chi connectivity index (χ0n) is 11.4. The number of anilines is 1. The van der Waals surface area contributed by atoms with Crippen molar-refractivity contribution in [3.8, 4) is 0 Å². The van der Waals surface area contributed by atoms with Gasteiger partial charge in [0.15, 0.2) is 0 Å². The van der Waals surface area contributed by atoms with Crippen LogP contribution in [0.25, 0.3) is 0 Å². The lowest BCUT2D eigenvalue weighted by Crippen LogP contribution is -2.43. The van der Waals surface area contributed by atoms with Crippen molar-refractivity contribution in [3.05, 3.63) is 65.7 Å². The summed E-state index contributed by atoms with van der Waals surface area (Å²) in [6.07, 6.45) is 0. The summed E-state index contributed by atoms with van der Waals surface area (Å²) in [4.78, 5) is 13.6. The lowest BCUT2D eigenvalue weighted by Gasteiger charge is -2.20. The number of thioether (sulfide) groups is 1. The minimum absolute atomic E-state index is 0.0170. The number of para-hydroxylation sites is 1. The van der Waals surface area contributed by atoms with Crippen LogP contribution in [0.15, 0.2) is 59.7 Å². The molecule has 2 aliphatic heterocycles. The Morgan fingerprint density at radius 3 is 2.62 bits per heavy atom. The van der Waals surface area contributed by atoms with E-state index < -0.39 is 4.87 Å². The lowest BCUT2D eigenvalue weighted by molar-refractivity contribution is -0.120. The Balaban J connectivity index is 1.77. The van der Waals surface area contributed by atoms with Gasteiger partial charge in [-0.25, -0.2) is 0 Å². The van der Waals surface area contributed by atoms with Crippen LogP contribution in [0.2, 0.25) is 0 Å². The maximum atomic E-state index is 12.7. The molecule has 0 aromatic heterocycles. The third kappa shape index (κ3) is 1.64. The van der Waals surface area contributed by atoms with Crippen molar-refractivity contribution in [3.63, 3.8) is 0 Å². The predicted octanol–water partition coefficient (Wildman–Crippen LogP) is 2.51. The van der Waals surface area contributed by atoms with Crippen molar-refractivity contribution >= 4 is 28.4 Å². The molecule has 0 bridgehead atoms. The maximum absolute atomic E-state index is 12.7. The van der Waals surface area contributed by atoms with Crippen molar-refractivity contribution in [2.45, 2.75) is 4.87 Å². The molecule has 4 rings (SSSR count). The molecule has 1 spiro atoms. The van der Waals surface area contributed by atoms with Crippen LogP contribution in [-0.2, 0) is 9.67 Å². The smallest absolute Gasteiger partial charge is 0.269 e. The summed E-state index contributed by atoms with van der Waals surface area (Å²) < 4.78 is 0. The fraction of sp³-hybridized carbons (Fsp3) is 0.125. The van der Waals surface area contributed by atoms with Gasteiger partial charge < -0.3 is 4.90 Å². The average Bonchev–Trinajstić information content (AvgIpc) is 3.08. The Morgan fingerprint density at radius 2 is 1.81 bits per heavy atom. The minimum atomic E-state index is -0.823. The second-order valence-corrected chi connectivity index (χ2v) is 6.26. The molecule has 0 fully saturated rings. The molecule has 0 saturated heterocycles. The topological polar surface area (TPSA) is 44.7 Å². The molecule has 2 heterocycles. The number of benzene rings is 2. The van der Waals surface area contributed by atoms with Gasteiger partial charge in [-0.15, -0.1) is 0 Å². The van der Waals surface area contributed by atoms with E-state index in [4.69, 9.17) is 0 Å². The number of amides is 1. The minimum Gasteiger partial charge on any atom is -0.312 e. The number of likely N-dealkylation sites (N-methyl/N-ethyl adjacent to an activating group) is 1. The van der Waals surface area contributed by atoms with Crippen LogP contribution in [0.5, 0.6) is 0 Å². The molecule has 2 aliphatic rings. The SMILES string of the molecule is CN1C(=O)[C@@]2(NN=C(c3ccccc3)S2)c2ccccc21. The molecule has 0 saturated carbocycles. The van der Waals surface area contributed by atoms with Gasteiger partial charge in [-0.05, 0) is 6.07 Å². The fourth-order valence-corrected chi connectivity index (χ4v) is 3.99. The summed E-state index contributed by atoms with van der Waals surface area (Å²) in [5.74, 6) is 0.0170. The van der Waals surface area contributed by atoms with Gasteiger partial charge in [-0.1, -0.05) is 60.3 Å². The standard InChI is InChI=1S/C16H13N3OS/c1-19-13-10-6-5-9-12(13)16(15(19)20)18-17-14(21-16)11-7-3-2-4-8-11/h2-10,18H,1H3/t16-/m1/s1. The van der Waals surface area contributed by atoms with Gasteiger partial charge >= 0.3 is 0 Å². The molecule has 104 valence electrons. The van der Waals surface area contributed by atoms with E-state index in [2.05, 4.69) is 10.5 Å². The summed E-state index contributed by atoms with van der Waals surface area (Å²) in [5, 5.41) is 5.25. The molecule has 2 aromatic rings. The van der Waals surface area contributed by atoms with Crippen molar-refractivity contribution in [2.75, 3.05) is 11.9 Å². The Labute approximate surface area is 126 Å². The molecular formula is C16H13N3OS. The highest BCUT2D eigenvalue weighted by molar-refractivity contribution is 8.16. The number of carbonyl (C=O) groups is 1. The Hall–Kier alpha value is -2.27. The van der Waals surface area contributed by atoms with E-state index in [9.17, 15) is 4.79 Å². The van der Waals surface area contributed by atoms with Gasteiger partial charge in [0.05, 0.1) is 5.69 Å². The molecule has 1 N–H and O–H groups in total. The third-order valence-electron chi connectivity index (χ3n) is 3.84. The molecule has 1 amide bonds. The van der Waals surface area contributed by atoms with Gasteiger partial charge in [-0.2, -0.15) is 5.10 Å². The highest BCUT2D eigenvalue weighted by Crippen LogP contribution is 2.49. The van der Waals surface area contributed by atoms with Crippen molar-refractivity contribution in [1.29, 1.82) is 0 Å². The van der Waals surface area contributed by atoms with Gasteiger partial charge in [0, 0.05) is 18.2 Å². The second kappa shape index (κ2) is 4.36. The summed E-state index contributed by atoms with van der Waals surface area (Å²) in [6.45, 7) is 0. The van der Waals surface area contributed by atoms with E-state index in [1.54, 1.807) is 11.9 Å². The number of nitrogens with zero attached hydrogens (tertiary/aromatic N) is 2. The molecule has 2 aromatic carbocycles. The Kier molecular flexibility index (Phi) is 2.59. The number of rotatable bonds is 1. The molecule has 5 heteroatoms. The summed E-state index contributed by atoms with van der Waals surface area (Å²) >= 11 is 1.48. The van der Waals surface area contributed by atoms with E-state index in [0.717, 1.165) is 21.9 Å². The average molecular weight is 295 g/mol. The first kappa shape index (κ1) is 12.5. The number of hydrogen-bond acceptors (Lipinski definition) is 4. The monoisotopic (exact) mass is 295 g/mol. The first-order chi connectivity index (χ1) is 10.2. The van der Waals surface area contributed by atoms with E-state index in [1.165, 1.54) is 11.8 Å². The van der Waals surface area contributed by atoms with Gasteiger partial charge in [0.2, 0.25) is 4.87 Å². The molecule has 0 radical (unpaired) electrons. The molecule has 4 nitrogen and oxygen atoms in total. The third-order valence-corrected chi connectivity index (χ3v) is 5.15. The highest BCUT2D eigenvalue weighted by atomic mass is 32.2. The first-order valence-corrected chi connectivity index (χ1v) is 7.51. The van der Waals surface area contributed by atoms with Crippen LogP contribution in [0.4, 0.5) is 5.69 Å². The van der Waals surface area contributed by atoms with Crippen LogP contribution in [0, 0.1) is 0 Å². The van der Waals surface area contributed by atoms with Crippen LogP contribution in [0.1, 0.15) is 11.1 Å². The van der Waals surface area contributed by atoms with E-state index in [1.807, 2.05) is 54.6 Å². The van der Waals surface area contributed by atoms with Crippen molar-refractivity contribution in [2.24, 2.45) is 5.10 Å². The summed E-state index contributed by atoms with van der Waals surface area (Å²) in [7, 11) is 1.80. The Bertz CT molecular complexity index is 759. The number of carbonyl (C=O) groups excluding carboxylic acids is 1. The number of fused-ring (bicyclic) bond motifs is 2. The molecule has 21 heavy (non-hydrogen) atoms.